The zero-order valence-corrected chi connectivity index (χ0v) is 3.64. The zero-order valence-electron chi connectivity index (χ0n) is 2.49. The van der Waals surface area contributed by atoms with Crippen molar-refractivity contribution in [1.29, 1.82) is 0 Å². The average molecular weight is 70.0 g/mol. The van der Waals surface area contributed by atoms with E-state index in [0.29, 0.717) is 0 Å². The van der Waals surface area contributed by atoms with Gasteiger partial charge in [-0.05, 0) is 0 Å². The van der Waals surface area contributed by atoms with E-state index < -0.39 is 0 Å². The van der Waals surface area contributed by atoms with E-state index in [1.807, 2.05) is 16.3 Å². The number of carbonyl (C=O) groups excluding carboxylic acids is 1. The van der Waals surface area contributed by atoms with Crippen molar-refractivity contribution in [3.63, 3.8) is 0 Å². The van der Waals surface area contributed by atoms with Gasteiger partial charge in [-0.3, -0.25) is 0 Å². The van der Waals surface area contributed by atoms with Crippen LogP contribution in [-0.2, 0) is 4.79 Å². The Hall–Kier alpha value is 0.202. The van der Waals surface area contributed by atoms with Gasteiger partial charge >= 0.3 is 32.7 Å². The van der Waals surface area contributed by atoms with Gasteiger partial charge in [-0.1, -0.05) is 0 Å². The minimum absolute atomic E-state index is 0.0833. The third-order valence-electron chi connectivity index (χ3n) is 0. The molecule has 0 aromatic heterocycles. The van der Waals surface area contributed by atoms with Crippen LogP contribution in [0.4, 0.5) is 0 Å². The zero-order chi connectivity index (χ0) is 3.58. The van der Waals surface area contributed by atoms with Crippen LogP contribution in [0.1, 0.15) is 6.92 Å². The first kappa shape index (κ1) is 4.20. The molecule has 0 aromatic carbocycles. The molecule has 0 aliphatic carbocycles. The van der Waals surface area contributed by atoms with Crippen molar-refractivity contribution in [3.8, 4) is 0 Å². The van der Waals surface area contributed by atoms with Crippen LogP contribution in [0.5, 0.6) is 0 Å². The molecule has 4 heavy (non-hydrogen) atoms. The molecule has 0 aliphatic rings. The molecule has 0 saturated heterocycles. The minimum atomic E-state index is 0.0833. The summed E-state index contributed by atoms with van der Waals surface area (Å²) in [5.74, 6) is 0. The van der Waals surface area contributed by atoms with Gasteiger partial charge in [-0.25, -0.2) is 0 Å². The number of rotatable bonds is 0. The topological polar surface area (TPSA) is 17.1 Å². The molecule has 0 spiro atoms. The molecule has 0 rings (SSSR count). The SMILES string of the molecule is C[C](=O)[Al+2]. The predicted molar refractivity (Wildman–Crippen MR) is 16.4 cm³/mol. The summed E-state index contributed by atoms with van der Waals surface area (Å²) in [6, 6.07) is 0. The molecule has 0 unspecified atom stereocenters. The summed E-state index contributed by atoms with van der Waals surface area (Å²) < 4.78 is 0.0833. The van der Waals surface area contributed by atoms with Crippen molar-refractivity contribution in [1.82, 2.24) is 0 Å². The summed E-state index contributed by atoms with van der Waals surface area (Å²) in [5.41, 5.74) is 0. The van der Waals surface area contributed by atoms with E-state index in [0.717, 1.165) is 0 Å². The van der Waals surface area contributed by atoms with Gasteiger partial charge in [0.2, 0.25) is 0 Å². The first-order chi connectivity index (χ1) is 1.73. The van der Waals surface area contributed by atoms with E-state index in [4.69, 9.17) is 0 Å². The molecule has 18 valence electrons. The van der Waals surface area contributed by atoms with Gasteiger partial charge in [0, 0.05) is 0 Å². The normalized spacial score (nSPS) is 6.75. The Balaban J connectivity index is 2.80. The van der Waals surface area contributed by atoms with E-state index in [1.54, 1.807) is 0 Å². The second kappa shape index (κ2) is 1.51. The summed E-state index contributed by atoms with van der Waals surface area (Å²) >= 11 is 2.02. The summed E-state index contributed by atoms with van der Waals surface area (Å²) in [4.78, 5) is 9.41. The molecule has 0 radical (unpaired) electrons. The van der Waals surface area contributed by atoms with Gasteiger partial charge < -0.3 is 0 Å². The average Bonchev–Trinajstić information content (AvgIpc) is 0.811. The Morgan fingerprint density at radius 2 is 2.00 bits per heavy atom. The first-order valence-corrected chi connectivity index (χ1v) is 1.57. The molecule has 0 aromatic rings. The molecule has 0 heterocycles. The van der Waals surface area contributed by atoms with E-state index in [-0.39, 0.29) is 4.65 Å². The van der Waals surface area contributed by atoms with Gasteiger partial charge in [-0.15, -0.1) is 0 Å². The fourth-order valence-electron chi connectivity index (χ4n) is 0. The quantitative estimate of drug-likeness (QED) is 0.358. The Labute approximate surface area is 33.4 Å². The fraction of sp³-hybridized carbons (Fsp3) is 0.500. The summed E-state index contributed by atoms with van der Waals surface area (Å²) in [6.45, 7) is 1.49. The van der Waals surface area contributed by atoms with Crippen molar-refractivity contribution >= 4 is 20.9 Å². The van der Waals surface area contributed by atoms with Crippen molar-refractivity contribution in [2.75, 3.05) is 0 Å². The van der Waals surface area contributed by atoms with E-state index >= 15 is 0 Å². The van der Waals surface area contributed by atoms with Crippen LogP contribution in [-0.4, -0.2) is 20.9 Å². The maximum atomic E-state index is 9.41. The molecule has 2 heteroatoms. The van der Waals surface area contributed by atoms with Crippen LogP contribution in [0.2, 0.25) is 0 Å². The third-order valence-corrected chi connectivity index (χ3v) is 0. The van der Waals surface area contributed by atoms with E-state index in [9.17, 15) is 4.79 Å². The third kappa shape index (κ3) is 77.7. The van der Waals surface area contributed by atoms with Crippen LogP contribution in [0.3, 0.4) is 0 Å². The van der Waals surface area contributed by atoms with Crippen LogP contribution < -0.4 is 0 Å². The molecule has 0 amide bonds. The van der Waals surface area contributed by atoms with E-state index in [2.05, 4.69) is 0 Å². The molecule has 0 atom stereocenters. The van der Waals surface area contributed by atoms with Gasteiger partial charge in [0.1, 0.15) is 0 Å². The Morgan fingerprint density at radius 3 is 2.00 bits per heavy atom. The van der Waals surface area contributed by atoms with Gasteiger partial charge in [-0.2, -0.15) is 0 Å². The number of carbonyl (C=O) groups is 1. The van der Waals surface area contributed by atoms with Crippen molar-refractivity contribution in [2.24, 2.45) is 0 Å². The van der Waals surface area contributed by atoms with Gasteiger partial charge in [0.15, 0.2) is 0 Å². The standard InChI is InChI=1S/C2H3O.Al/c1-2-3;/h1H3;/q;+2. The summed E-state index contributed by atoms with van der Waals surface area (Å²) in [5, 5.41) is 0. The molecule has 0 saturated carbocycles. The molecular weight excluding hydrogens is 67.0 g/mol. The molecular formula is C2H3AlO+2. The summed E-state index contributed by atoms with van der Waals surface area (Å²) in [7, 11) is 0. The molecule has 0 fully saturated rings. The van der Waals surface area contributed by atoms with Crippen molar-refractivity contribution in [2.45, 2.75) is 6.92 Å². The van der Waals surface area contributed by atoms with Crippen LogP contribution >= 0.6 is 0 Å². The molecule has 0 bridgehead atoms. The molecule has 0 aliphatic heterocycles. The van der Waals surface area contributed by atoms with E-state index in [1.165, 1.54) is 6.92 Å². The van der Waals surface area contributed by atoms with Crippen molar-refractivity contribution in [3.05, 3.63) is 0 Å². The fourth-order valence-corrected chi connectivity index (χ4v) is 0. The second-order valence-electron chi connectivity index (χ2n) is 0.611. The molecule has 0 N–H and O–H groups in total. The Bertz CT molecular complexity index is 29.0. The number of hydrogen-bond donors (Lipinski definition) is 0. The Morgan fingerprint density at radius 1 is 2.00 bits per heavy atom. The van der Waals surface area contributed by atoms with Crippen LogP contribution in [0.25, 0.3) is 0 Å². The van der Waals surface area contributed by atoms with Gasteiger partial charge in [0.25, 0.3) is 0 Å². The maximum absolute atomic E-state index is 9.41. The second-order valence-corrected chi connectivity index (χ2v) is 1.42. The predicted octanol–water partition coefficient (Wildman–Crippen LogP) is -0.299. The van der Waals surface area contributed by atoms with Crippen LogP contribution in [0, 0.1) is 0 Å². The van der Waals surface area contributed by atoms with Gasteiger partial charge in [0.05, 0.1) is 0 Å². The number of hydrogen-bond acceptors (Lipinski definition) is 1. The van der Waals surface area contributed by atoms with Crippen LogP contribution in [0.15, 0.2) is 0 Å². The monoisotopic (exact) mass is 70.0 g/mol. The first-order valence-electron chi connectivity index (χ1n) is 0.993. The molecule has 1 nitrogen and oxygen atoms in total. The van der Waals surface area contributed by atoms with Crippen molar-refractivity contribution < 1.29 is 4.79 Å². The Kier molecular flexibility index (Phi) is 1.59. The summed E-state index contributed by atoms with van der Waals surface area (Å²) in [6.07, 6.45) is 0.